The first kappa shape index (κ1) is 19.8. The largest absolute Gasteiger partial charge is 0.478 e. The fourth-order valence-corrected chi connectivity index (χ4v) is 2.25. The fraction of sp³-hybridized carbons (Fsp3) is 0.529. The number of carbonyl (C=O) groups excluding carboxylic acids is 1. The van der Waals surface area contributed by atoms with Crippen LogP contribution in [0, 0.1) is 0 Å². The molecule has 1 amide bonds. The van der Waals surface area contributed by atoms with Crippen LogP contribution < -0.4 is 5.32 Å². The molecule has 1 aliphatic heterocycles. The number of ether oxygens (including phenoxy) is 2. The molecule has 0 radical (unpaired) electrons. The molecule has 1 aliphatic rings. The molecule has 142 valence electrons. The lowest BCUT2D eigenvalue weighted by atomic mass is 10.2. The van der Waals surface area contributed by atoms with E-state index >= 15 is 0 Å². The number of carbonyl (C=O) groups is 2. The van der Waals surface area contributed by atoms with Gasteiger partial charge in [0, 0.05) is 26.1 Å². The lowest BCUT2D eigenvalue weighted by Crippen LogP contribution is -2.26. The van der Waals surface area contributed by atoms with E-state index in [0.29, 0.717) is 24.6 Å². The maximum Gasteiger partial charge on any atom is 0.335 e. The fourth-order valence-electron chi connectivity index (χ4n) is 2.25. The monoisotopic (exact) mass is 365 g/mol. The van der Waals surface area contributed by atoms with E-state index in [1.807, 2.05) is 0 Å². The summed E-state index contributed by atoms with van der Waals surface area (Å²) in [5.41, 5.74) is 0.792. The maximum atomic E-state index is 11.2. The van der Waals surface area contributed by atoms with Crippen molar-refractivity contribution in [1.82, 2.24) is 10.3 Å². The lowest BCUT2D eigenvalue weighted by molar-refractivity contribution is -0.162. The topological polar surface area (TPSA) is 119 Å². The summed E-state index contributed by atoms with van der Waals surface area (Å²) in [5.74, 6) is -1.20. The van der Waals surface area contributed by atoms with Gasteiger partial charge >= 0.3 is 5.97 Å². The highest BCUT2D eigenvalue weighted by Gasteiger charge is 2.16. The molecule has 1 saturated heterocycles. The second-order valence-electron chi connectivity index (χ2n) is 5.71. The number of nitrogens with one attached hydrogen (secondary N) is 1. The quantitative estimate of drug-likeness (QED) is 0.383. The summed E-state index contributed by atoms with van der Waals surface area (Å²) >= 11 is 0. The summed E-state index contributed by atoms with van der Waals surface area (Å²) in [6.07, 6.45) is 3.69. The Bertz CT molecular complexity index is 643. The van der Waals surface area contributed by atoms with Crippen molar-refractivity contribution in [1.29, 1.82) is 0 Å². The number of aromatic nitrogens is 1. The predicted molar refractivity (Wildman–Crippen MR) is 91.9 cm³/mol. The van der Waals surface area contributed by atoms with Crippen molar-refractivity contribution >= 4 is 17.6 Å². The normalized spacial score (nSPS) is 17.6. The van der Waals surface area contributed by atoms with Gasteiger partial charge in [-0.25, -0.2) is 4.79 Å². The van der Waals surface area contributed by atoms with Gasteiger partial charge in [-0.05, 0) is 25.0 Å². The van der Waals surface area contributed by atoms with Crippen LogP contribution in [0.5, 0.6) is 0 Å². The number of nitrogens with zero attached hydrogens (tertiary/aromatic N) is 2. The Balaban J connectivity index is 2.03. The number of pyridine rings is 1. The van der Waals surface area contributed by atoms with Crippen LogP contribution in [0.3, 0.4) is 0 Å². The first-order valence-corrected chi connectivity index (χ1v) is 8.42. The summed E-state index contributed by atoms with van der Waals surface area (Å²) in [6, 6.07) is 2.80. The van der Waals surface area contributed by atoms with Crippen LogP contribution in [0.15, 0.2) is 23.5 Å². The minimum Gasteiger partial charge on any atom is -0.478 e. The standard InChI is InChI=1S/C17H23N3O6/c1-12(21)18-7-9-24-11-15(20-26-16-4-2-3-8-25-16)14-10-13(17(22)23)5-6-19-14/h5-6,10,16H,2-4,7-9,11H2,1H3,(H,18,21)(H,22,23)/b20-15+. The van der Waals surface area contributed by atoms with E-state index in [2.05, 4.69) is 15.5 Å². The van der Waals surface area contributed by atoms with Gasteiger partial charge in [-0.15, -0.1) is 0 Å². The Morgan fingerprint density at radius 2 is 2.31 bits per heavy atom. The second-order valence-corrected chi connectivity index (χ2v) is 5.71. The first-order valence-electron chi connectivity index (χ1n) is 8.42. The van der Waals surface area contributed by atoms with Gasteiger partial charge in [0.1, 0.15) is 5.71 Å². The van der Waals surface area contributed by atoms with Crippen LogP contribution >= 0.6 is 0 Å². The molecule has 26 heavy (non-hydrogen) atoms. The van der Waals surface area contributed by atoms with E-state index in [1.54, 1.807) is 0 Å². The highest BCUT2D eigenvalue weighted by atomic mass is 16.8. The smallest absolute Gasteiger partial charge is 0.335 e. The second kappa shape index (κ2) is 10.5. The Kier molecular flexibility index (Phi) is 7.97. The average molecular weight is 365 g/mol. The number of hydrogen-bond donors (Lipinski definition) is 2. The molecule has 9 nitrogen and oxygen atoms in total. The van der Waals surface area contributed by atoms with E-state index in [1.165, 1.54) is 25.3 Å². The van der Waals surface area contributed by atoms with Gasteiger partial charge < -0.3 is 24.7 Å². The van der Waals surface area contributed by atoms with Crippen LogP contribution in [0.1, 0.15) is 42.2 Å². The molecule has 1 fully saturated rings. The molecule has 1 aromatic heterocycles. The minimum atomic E-state index is -1.06. The third-order valence-corrected chi connectivity index (χ3v) is 3.58. The number of hydrogen-bond acceptors (Lipinski definition) is 7. The van der Waals surface area contributed by atoms with Gasteiger partial charge in [0.25, 0.3) is 0 Å². The molecule has 0 aromatic carbocycles. The first-order chi connectivity index (χ1) is 12.6. The lowest BCUT2D eigenvalue weighted by Gasteiger charge is -2.20. The van der Waals surface area contributed by atoms with Gasteiger partial charge in [-0.1, -0.05) is 5.16 Å². The van der Waals surface area contributed by atoms with E-state index < -0.39 is 12.3 Å². The predicted octanol–water partition coefficient (Wildman–Crippen LogP) is 1.18. The van der Waals surface area contributed by atoms with Crippen LogP contribution in [0.2, 0.25) is 0 Å². The van der Waals surface area contributed by atoms with Crippen molar-refractivity contribution in [2.45, 2.75) is 32.5 Å². The van der Waals surface area contributed by atoms with Crippen molar-refractivity contribution in [3.8, 4) is 0 Å². The summed E-state index contributed by atoms with van der Waals surface area (Å²) in [4.78, 5) is 31.6. The Morgan fingerprint density at radius 1 is 1.46 bits per heavy atom. The molecule has 1 atom stereocenters. The van der Waals surface area contributed by atoms with Crippen LogP contribution in [0.4, 0.5) is 0 Å². The number of amides is 1. The van der Waals surface area contributed by atoms with E-state index in [9.17, 15) is 9.59 Å². The van der Waals surface area contributed by atoms with Crippen molar-refractivity contribution in [2.24, 2.45) is 5.16 Å². The number of carboxylic acid groups (broad SMARTS) is 1. The van der Waals surface area contributed by atoms with Crippen molar-refractivity contribution in [3.05, 3.63) is 29.6 Å². The average Bonchev–Trinajstić information content (AvgIpc) is 2.64. The number of carboxylic acids is 1. The van der Waals surface area contributed by atoms with Gasteiger partial charge in [0.05, 0.1) is 31.1 Å². The van der Waals surface area contributed by atoms with Gasteiger partial charge in [0.2, 0.25) is 12.2 Å². The third-order valence-electron chi connectivity index (χ3n) is 3.58. The molecule has 2 N–H and O–H groups in total. The Morgan fingerprint density at radius 3 is 3.00 bits per heavy atom. The third kappa shape index (κ3) is 6.77. The molecule has 2 heterocycles. The van der Waals surface area contributed by atoms with Crippen molar-refractivity contribution < 1.29 is 29.0 Å². The summed E-state index contributed by atoms with van der Waals surface area (Å²) in [5, 5.41) is 15.8. The van der Waals surface area contributed by atoms with Crippen molar-refractivity contribution in [2.75, 3.05) is 26.4 Å². The van der Waals surface area contributed by atoms with E-state index in [0.717, 1.165) is 19.3 Å². The molecular formula is C17H23N3O6. The zero-order chi connectivity index (χ0) is 18.8. The van der Waals surface area contributed by atoms with Crippen LogP contribution in [-0.2, 0) is 19.1 Å². The SMILES string of the molecule is CC(=O)NCCOC/C(=N\OC1CCCCO1)c1cc(C(=O)O)ccn1. The van der Waals surface area contributed by atoms with Gasteiger partial charge in [0.15, 0.2) is 0 Å². The maximum absolute atomic E-state index is 11.2. The molecule has 2 rings (SSSR count). The molecular weight excluding hydrogens is 342 g/mol. The molecule has 0 saturated carbocycles. The molecule has 1 aromatic rings. The zero-order valence-corrected chi connectivity index (χ0v) is 14.6. The molecule has 0 spiro atoms. The van der Waals surface area contributed by atoms with Crippen LogP contribution in [-0.4, -0.2) is 60.3 Å². The zero-order valence-electron chi connectivity index (χ0n) is 14.6. The number of rotatable bonds is 9. The molecule has 9 heteroatoms. The highest BCUT2D eigenvalue weighted by molar-refractivity contribution is 6.01. The van der Waals surface area contributed by atoms with Crippen molar-refractivity contribution in [3.63, 3.8) is 0 Å². The minimum absolute atomic E-state index is 0.0579. The molecule has 1 unspecified atom stereocenters. The van der Waals surface area contributed by atoms with Gasteiger partial charge in [-0.3, -0.25) is 9.78 Å². The number of aromatic carboxylic acids is 1. The summed E-state index contributed by atoms with van der Waals surface area (Å²) < 4.78 is 11.0. The Labute approximate surface area is 151 Å². The van der Waals surface area contributed by atoms with E-state index in [-0.39, 0.29) is 24.7 Å². The molecule has 0 aliphatic carbocycles. The van der Waals surface area contributed by atoms with E-state index in [4.69, 9.17) is 19.4 Å². The Hall–Kier alpha value is -2.52. The highest BCUT2D eigenvalue weighted by Crippen LogP contribution is 2.14. The summed E-state index contributed by atoms with van der Waals surface area (Å²) in [7, 11) is 0. The summed E-state index contributed by atoms with van der Waals surface area (Å²) in [6.45, 7) is 2.74. The van der Waals surface area contributed by atoms with Gasteiger partial charge in [-0.2, -0.15) is 0 Å². The van der Waals surface area contributed by atoms with Crippen LogP contribution in [0.25, 0.3) is 0 Å². The number of oxime groups is 1. The molecule has 0 bridgehead atoms.